The number of benzene rings is 5. The average molecular weight is 661 g/mol. The summed E-state index contributed by atoms with van der Waals surface area (Å²) in [5.41, 5.74) is 1.02. The van der Waals surface area contributed by atoms with Gasteiger partial charge in [0, 0.05) is 29.4 Å². The monoisotopic (exact) mass is 660 g/mol. The first-order chi connectivity index (χ1) is 23.7. The number of nitro groups is 1. The summed E-state index contributed by atoms with van der Waals surface area (Å²) in [5, 5.41) is 30.4. The lowest BCUT2D eigenvalue weighted by Gasteiger charge is -2.29. The molecule has 1 aliphatic carbocycles. The highest BCUT2D eigenvalue weighted by atomic mass is 16.6. The Bertz CT molecular complexity index is 2010. The second-order valence-corrected chi connectivity index (χ2v) is 11.6. The van der Waals surface area contributed by atoms with Gasteiger partial charge < -0.3 is 30.5 Å². The fraction of sp³-hybridized carbons (Fsp3) is 0.162. The number of rotatable bonds is 10. The first kappa shape index (κ1) is 32.5. The summed E-state index contributed by atoms with van der Waals surface area (Å²) in [6.07, 6.45) is 3.11. The number of fused-ring (bicyclic) bond motifs is 1. The molecule has 248 valence electrons. The molecular formula is C37H32N4O8. The molecule has 5 aromatic rings. The van der Waals surface area contributed by atoms with Crippen LogP contribution >= 0.6 is 0 Å². The Balaban J connectivity index is 0.982. The van der Waals surface area contributed by atoms with E-state index in [0.717, 1.165) is 42.2 Å². The number of para-hydroxylation sites is 1. The van der Waals surface area contributed by atoms with Crippen LogP contribution in [0, 0.1) is 10.1 Å². The molecule has 0 aliphatic heterocycles. The van der Waals surface area contributed by atoms with Gasteiger partial charge in [0.1, 0.15) is 17.2 Å². The number of aromatic carboxylic acids is 1. The molecule has 12 nitrogen and oxygen atoms in total. The number of urea groups is 1. The number of carbonyl (C=O) groups is 3. The van der Waals surface area contributed by atoms with Crippen LogP contribution < -0.4 is 25.4 Å². The van der Waals surface area contributed by atoms with Gasteiger partial charge in [0.25, 0.3) is 11.6 Å². The summed E-state index contributed by atoms with van der Waals surface area (Å²) in [7, 11) is 0. The van der Waals surface area contributed by atoms with Gasteiger partial charge in [-0.2, -0.15) is 0 Å². The standard InChI is InChI=1S/C37H32N4O8/c42-35(40-34-4-2-1-3-33(34)36(43)44)23-5-15-29(16-6-23)48-31-17-7-25-22-32(18-8-24(25)21-31)49-30-19-11-27(12-20-30)39-37(45)38-26-9-13-28(14-10-26)41(46)47/h1-10,13-18,21-22,27,30H,11-12,19-20H2,(H,40,42)(H,43,44)(H2,38,39,45). The topological polar surface area (TPSA) is 169 Å². The Morgan fingerprint density at radius 1 is 0.735 bits per heavy atom. The lowest BCUT2D eigenvalue weighted by Crippen LogP contribution is -2.41. The summed E-state index contributed by atoms with van der Waals surface area (Å²) in [6, 6.07) is 29.7. The molecule has 6 rings (SSSR count). The zero-order valence-electron chi connectivity index (χ0n) is 26.1. The fourth-order valence-electron chi connectivity index (χ4n) is 5.66. The van der Waals surface area contributed by atoms with Crippen LogP contribution in [0.4, 0.5) is 21.9 Å². The number of hydrogen-bond donors (Lipinski definition) is 4. The molecule has 1 saturated carbocycles. The molecule has 0 saturated heterocycles. The van der Waals surface area contributed by atoms with Crippen molar-refractivity contribution in [1.82, 2.24) is 5.32 Å². The van der Waals surface area contributed by atoms with Crippen LogP contribution in [-0.2, 0) is 0 Å². The van der Waals surface area contributed by atoms with E-state index in [9.17, 15) is 29.6 Å². The molecule has 0 bridgehead atoms. The number of nitrogens with one attached hydrogen (secondary N) is 3. The van der Waals surface area contributed by atoms with Crippen molar-refractivity contribution in [3.05, 3.63) is 130 Å². The smallest absolute Gasteiger partial charge is 0.337 e. The highest BCUT2D eigenvalue weighted by Crippen LogP contribution is 2.30. The molecular weight excluding hydrogens is 628 g/mol. The first-order valence-corrected chi connectivity index (χ1v) is 15.6. The Morgan fingerprint density at radius 3 is 2.04 bits per heavy atom. The third kappa shape index (κ3) is 8.30. The van der Waals surface area contributed by atoms with Crippen molar-refractivity contribution in [3.8, 4) is 17.2 Å². The first-order valence-electron chi connectivity index (χ1n) is 15.6. The maximum absolute atomic E-state index is 12.7. The van der Waals surface area contributed by atoms with Crippen LogP contribution in [0.5, 0.6) is 17.2 Å². The Labute approximate surface area is 280 Å². The van der Waals surface area contributed by atoms with E-state index in [1.165, 1.54) is 36.4 Å². The number of ether oxygens (including phenoxy) is 2. The molecule has 49 heavy (non-hydrogen) atoms. The summed E-state index contributed by atoms with van der Waals surface area (Å²) < 4.78 is 12.3. The summed E-state index contributed by atoms with van der Waals surface area (Å²) in [5.74, 6) is 0.360. The molecule has 1 fully saturated rings. The lowest BCUT2D eigenvalue weighted by atomic mass is 9.93. The van der Waals surface area contributed by atoms with E-state index in [0.29, 0.717) is 22.7 Å². The van der Waals surface area contributed by atoms with Crippen LogP contribution in [0.3, 0.4) is 0 Å². The fourth-order valence-corrected chi connectivity index (χ4v) is 5.66. The second-order valence-electron chi connectivity index (χ2n) is 11.6. The van der Waals surface area contributed by atoms with Gasteiger partial charge in [0.05, 0.1) is 22.3 Å². The number of non-ortho nitro benzene ring substituents is 1. The third-order valence-electron chi connectivity index (χ3n) is 8.19. The van der Waals surface area contributed by atoms with E-state index < -0.39 is 16.8 Å². The zero-order chi connectivity index (χ0) is 34.3. The number of nitro benzene ring substituents is 1. The van der Waals surface area contributed by atoms with Crippen molar-refractivity contribution in [2.24, 2.45) is 0 Å². The molecule has 4 N–H and O–H groups in total. The molecule has 0 aromatic heterocycles. The molecule has 0 radical (unpaired) electrons. The summed E-state index contributed by atoms with van der Waals surface area (Å²) >= 11 is 0. The van der Waals surface area contributed by atoms with Crippen molar-refractivity contribution in [2.75, 3.05) is 10.6 Å². The minimum absolute atomic E-state index is 0.00240. The van der Waals surface area contributed by atoms with Gasteiger partial charge in [-0.3, -0.25) is 14.9 Å². The minimum Gasteiger partial charge on any atom is -0.490 e. The zero-order valence-corrected chi connectivity index (χ0v) is 26.1. The van der Waals surface area contributed by atoms with E-state index in [4.69, 9.17) is 9.47 Å². The van der Waals surface area contributed by atoms with Crippen molar-refractivity contribution >= 4 is 45.7 Å². The van der Waals surface area contributed by atoms with Gasteiger partial charge >= 0.3 is 12.0 Å². The van der Waals surface area contributed by atoms with Crippen LogP contribution in [0.15, 0.2) is 109 Å². The van der Waals surface area contributed by atoms with Gasteiger partial charge in [-0.25, -0.2) is 9.59 Å². The van der Waals surface area contributed by atoms with E-state index in [2.05, 4.69) is 16.0 Å². The number of carboxylic acid groups (broad SMARTS) is 1. The van der Waals surface area contributed by atoms with Crippen LogP contribution in [0.2, 0.25) is 0 Å². The van der Waals surface area contributed by atoms with Gasteiger partial charge in [-0.15, -0.1) is 0 Å². The Morgan fingerprint density at radius 2 is 1.37 bits per heavy atom. The Kier molecular flexibility index (Phi) is 9.65. The number of carbonyl (C=O) groups excluding carboxylic acids is 2. The molecule has 3 amide bonds. The van der Waals surface area contributed by atoms with Gasteiger partial charge in [0.2, 0.25) is 0 Å². The summed E-state index contributed by atoms with van der Waals surface area (Å²) in [4.78, 5) is 46.9. The third-order valence-corrected chi connectivity index (χ3v) is 8.19. The van der Waals surface area contributed by atoms with E-state index in [1.54, 1.807) is 36.4 Å². The largest absolute Gasteiger partial charge is 0.490 e. The van der Waals surface area contributed by atoms with E-state index >= 15 is 0 Å². The Hall–Kier alpha value is -6.43. The van der Waals surface area contributed by atoms with Gasteiger partial charge in [-0.1, -0.05) is 24.3 Å². The normalized spacial score (nSPS) is 15.5. The van der Waals surface area contributed by atoms with Crippen molar-refractivity contribution in [2.45, 2.75) is 37.8 Å². The predicted molar refractivity (Wildman–Crippen MR) is 184 cm³/mol. The highest BCUT2D eigenvalue weighted by Gasteiger charge is 2.24. The van der Waals surface area contributed by atoms with Crippen molar-refractivity contribution in [1.29, 1.82) is 0 Å². The maximum Gasteiger partial charge on any atom is 0.337 e. The van der Waals surface area contributed by atoms with Crippen molar-refractivity contribution < 1.29 is 33.9 Å². The quantitative estimate of drug-likeness (QED) is 0.0863. The molecule has 1 aliphatic rings. The molecule has 12 heteroatoms. The SMILES string of the molecule is O=C(Nc1ccc([N+](=O)[O-])cc1)NC1CCC(Oc2ccc3cc(Oc4ccc(C(=O)Nc5ccccc5C(=O)O)cc4)ccc3c2)CC1. The van der Waals surface area contributed by atoms with Crippen LogP contribution in [0.1, 0.15) is 46.4 Å². The van der Waals surface area contributed by atoms with E-state index in [-0.39, 0.29) is 35.1 Å². The van der Waals surface area contributed by atoms with Crippen LogP contribution in [0.25, 0.3) is 10.8 Å². The number of anilines is 2. The number of nitrogens with zero attached hydrogens (tertiary/aromatic N) is 1. The number of hydrogen-bond acceptors (Lipinski definition) is 7. The molecule has 0 unspecified atom stereocenters. The average Bonchev–Trinajstić information content (AvgIpc) is 3.10. The molecule has 0 spiro atoms. The van der Waals surface area contributed by atoms with Gasteiger partial charge in [-0.05, 0) is 109 Å². The number of amides is 3. The lowest BCUT2D eigenvalue weighted by molar-refractivity contribution is -0.384. The van der Waals surface area contributed by atoms with E-state index in [1.807, 2.05) is 36.4 Å². The minimum atomic E-state index is -1.13. The predicted octanol–water partition coefficient (Wildman–Crippen LogP) is 8.00. The maximum atomic E-state index is 12.7. The summed E-state index contributed by atoms with van der Waals surface area (Å²) in [6.45, 7) is 0. The second kappa shape index (κ2) is 14.6. The van der Waals surface area contributed by atoms with Crippen LogP contribution in [-0.4, -0.2) is 40.1 Å². The molecule has 5 aromatic carbocycles. The molecule has 0 heterocycles. The van der Waals surface area contributed by atoms with Crippen molar-refractivity contribution in [3.63, 3.8) is 0 Å². The highest BCUT2D eigenvalue weighted by molar-refractivity contribution is 6.07. The number of carboxylic acids is 1. The molecule has 0 atom stereocenters. The van der Waals surface area contributed by atoms with Gasteiger partial charge in [0.15, 0.2) is 0 Å².